The van der Waals surface area contributed by atoms with Crippen molar-refractivity contribution in [1.82, 2.24) is 20.3 Å². The topological polar surface area (TPSA) is 67.5 Å². The summed E-state index contributed by atoms with van der Waals surface area (Å²) in [4.78, 5) is 4.54. The first-order valence-electron chi connectivity index (χ1n) is 7.61. The minimum Gasteiger partial charge on any atom is -0.374 e. The molecule has 2 aromatic rings. The number of ether oxygens (including phenoxy) is 1. The summed E-state index contributed by atoms with van der Waals surface area (Å²) in [6.45, 7) is 7.13. The van der Waals surface area contributed by atoms with E-state index in [1.165, 1.54) is 0 Å². The van der Waals surface area contributed by atoms with E-state index in [1.54, 1.807) is 12.5 Å². The van der Waals surface area contributed by atoms with Crippen LogP contribution in [0.1, 0.15) is 12.6 Å². The Balaban J connectivity index is 1.57. The molecule has 0 spiro atoms. The number of rotatable bonds is 6. The van der Waals surface area contributed by atoms with E-state index in [0.717, 1.165) is 50.8 Å². The number of nitrogens with zero attached hydrogens (tertiary/aromatic N) is 5. The fraction of sp³-hybridized carbons (Fsp3) is 0.533. The van der Waals surface area contributed by atoms with E-state index in [4.69, 9.17) is 9.26 Å². The molecule has 0 bridgehead atoms. The van der Waals surface area contributed by atoms with Crippen molar-refractivity contribution < 1.29 is 9.26 Å². The maximum Gasteiger partial charge on any atom is 0.151 e. The van der Waals surface area contributed by atoms with Gasteiger partial charge in [0.05, 0.1) is 18.4 Å². The van der Waals surface area contributed by atoms with Crippen LogP contribution in [0.15, 0.2) is 35.2 Å². The van der Waals surface area contributed by atoms with E-state index in [9.17, 15) is 0 Å². The van der Waals surface area contributed by atoms with Crippen LogP contribution in [0.25, 0.3) is 0 Å². The molecule has 7 nitrogen and oxygen atoms in total. The third-order valence-electron chi connectivity index (χ3n) is 3.79. The van der Waals surface area contributed by atoms with Gasteiger partial charge < -0.3 is 14.2 Å². The van der Waals surface area contributed by atoms with Crippen molar-refractivity contribution in [2.45, 2.75) is 19.6 Å². The largest absolute Gasteiger partial charge is 0.374 e. The molecular weight excluding hydrogens is 282 g/mol. The van der Waals surface area contributed by atoms with Crippen molar-refractivity contribution >= 4 is 5.82 Å². The molecule has 2 aromatic heterocycles. The van der Waals surface area contributed by atoms with Crippen LogP contribution in [0.4, 0.5) is 5.82 Å². The zero-order valence-corrected chi connectivity index (χ0v) is 12.8. The monoisotopic (exact) mass is 303 g/mol. The molecule has 7 heteroatoms. The summed E-state index contributed by atoms with van der Waals surface area (Å²) in [5.41, 5.74) is 0.960. The number of hydrogen-bond acceptors (Lipinski definition) is 7. The lowest BCUT2D eigenvalue weighted by Gasteiger charge is -2.35. The highest BCUT2D eigenvalue weighted by Crippen LogP contribution is 2.14. The summed E-state index contributed by atoms with van der Waals surface area (Å²) in [7, 11) is 0. The highest BCUT2D eigenvalue weighted by Gasteiger charge is 2.23. The third-order valence-corrected chi connectivity index (χ3v) is 3.79. The van der Waals surface area contributed by atoms with Crippen molar-refractivity contribution in [3.8, 4) is 0 Å². The summed E-state index contributed by atoms with van der Waals surface area (Å²) < 4.78 is 10.8. The number of aromatic nitrogens is 3. The smallest absolute Gasteiger partial charge is 0.151 e. The molecule has 118 valence electrons. The Kier molecular flexibility index (Phi) is 4.97. The molecule has 3 rings (SSSR count). The van der Waals surface area contributed by atoms with Crippen LogP contribution in [-0.4, -0.2) is 59.1 Å². The minimum absolute atomic E-state index is 0.155. The van der Waals surface area contributed by atoms with Crippen molar-refractivity contribution in [2.75, 3.05) is 37.7 Å². The highest BCUT2D eigenvalue weighted by molar-refractivity contribution is 5.36. The Bertz CT molecular complexity index is 548. The van der Waals surface area contributed by atoms with Crippen LogP contribution in [0, 0.1) is 0 Å². The fourth-order valence-electron chi connectivity index (χ4n) is 2.68. The van der Waals surface area contributed by atoms with Gasteiger partial charge in [-0.3, -0.25) is 4.90 Å². The second kappa shape index (κ2) is 7.33. The molecule has 1 atom stereocenters. The predicted octanol–water partition coefficient (Wildman–Crippen LogP) is 1.19. The molecule has 22 heavy (non-hydrogen) atoms. The molecule has 0 radical (unpaired) electrons. The molecule has 0 saturated carbocycles. The molecule has 0 amide bonds. The van der Waals surface area contributed by atoms with Crippen LogP contribution in [0.3, 0.4) is 0 Å². The summed E-state index contributed by atoms with van der Waals surface area (Å²) in [5.74, 6) is 0.891. The molecule has 0 aliphatic carbocycles. The van der Waals surface area contributed by atoms with E-state index in [2.05, 4.69) is 32.1 Å². The van der Waals surface area contributed by atoms with E-state index in [-0.39, 0.29) is 6.10 Å². The average Bonchev–Trinajstić information content (AvgIpc) is 3.07. The molecule has 1 aliphatic heterocycles. The average molecular weight is 303 g/mol. The molecular formula is C15H21N5O2. The van der Waals surface area contributed by atoms with E-state index >= 15 is 0 Å². The highest BCUT2D eigenvalue weighted by atomic mass is 16.5. The summed E-state index contributed by atoms with van der Waals surface area (Å²) in [5, 5.41) is 12.1. The van der Waals surface area contributed by atoms with Crippen molar-refractivity contribution in [3.05, 3.63) is 36.4 Å². The van der Waals surface area contributed by atoms with E-state index in [1.807, 2.05) is 18.2 Å². The van der Waals surface area contributed by atoms with Crippen LogP contribution in [0.5, 0.6) is 0 Å². The Morgan fingerprint density at radius 2 is 2.36 bits per heavy atom. The Hall–Kier alpha value is -1.99. The number of anilines is 1. The standard InChI is InChI=1S/C15H21N5O2/c1-2-20(15-4-3-6-16-17-15)12-14-11-19(7-9-21-14)10-13-5-8-22-18-13/h3-6,8,14H,2,7,9-12H2,1H3. The lowest BCUT2D eigenvalue weighted by Crippen LogP contribution is -2.47. The third kappa shape index (κ3) is 3.80. The zero-order chi connectivity index (χ0) is 15.2. The van der Waals surface area contributed by atoms with E-state index in [0.29, 0.717) is 0 Å². The molecule has 3 heterocycles. The Morgan fingerprint density at radius 3 is 3.09 bits per heavy atom. The zero-order valence-electron chi connectivity index (χ0n) is 12.8. The first-order valence-corrected chi connectivity index (χ1v) is 7.61. The fourth-order valence-corrected chi connectivity index (χ4v) is 2.68. The second-order valence-corrected chi connectivity index (χ2v) is 5.34. The van der Waals surface area contributed by atoms with Gasteiger partial charge in [-0.1, -0.05) is 5.16 Å². The molecule has 1 saturated heterocycles. The minimum atomic E-state index is 0.155. The normalized spacial score (nSPS) is 19.2. The summed E-state index contributed by atoms with van der Waals surface area (Å²) in [6, 6.07) is 5.79. The van der Waals surface area contributed by atoms with Gasteiger partial charge in [0.1, 0.15) is 6.26 Å². The lowest BCUT2D eigenvalue weighted by atomic mass is 10.2. The predicted molar refractivity (Wildman–Crippen MR) is 81.4 cm³/mol. The van der Waals surface area contributed by atoms with Gasteiger partial charge in [0.15, 0.2) is 5.82 Å². The van der Waals surface area contributed by atoms with Crippen LogP contribution < -0.4 is 4.90 Å². The number of likely N-dealkylation sites (N-methyl/N-ethyl adjacent to an activating group) is 1. The molecule has 0 N–H and O–H groups in total. The maximum atomic E-state index is 5.91. The lowest BCUT2D eigenvalue weighted by molar-refractivity contribution is -0.0274. The molecule has 1 unspecified atom stereocenters. The van der Waals surface area contributed by atoms with Crippen LogP contribution in [0.2, 0.25) is 0 Å². The van der Waals surface area contributed by atoms with Crippen molar-refractivity contribution in [3.63, 3.8) is 0 Å². The molecule has 0 aromatic carbocycles. The summed E-state index contributed by atoms with van der Waals surface area (Å²) in [6.07, 6.45) is 3.46. The van der Waals surface area contributed by atoms with Crippen LogP contribution >= 0.6 is 0 Å². The van der Waals surface area contributed by atoms with Crippen molar-refractivity contribution in [1.29, 1.82) is 0 Å². The first kappa shape index (κ1) is 14.9. The van der Waals surface area contributed by atoms with Crippen molar-refractivity contribution in [2.24, 2.45) is 0 Å². The maximum absolute atomic E-state index is 5.91. The quantitative estimate of drug-likeness (QED) is 0.794. The van der Waals surface area contributed by atoms with Gasteiger partial charge in [0.2, 0.25) is 0 Å². The van der Waals surface area contributed by atoms with Gasteiger partial charge in [-0.05, 0) is 19.1 Å². The SMILES string of the molecule is CCN(CC1CN(Cc2ccon2)CCO1)c1cccnn1. The summed E-state index contributed by atoms with van der Waals surface area (Å²) >= 11 is 0. The Labute approximate surface area is 129 Å². The number of morpholine rings is 1. The number of hydrogen-bond donors (Lipinski definition) is 0. The van der Waals surface area contributed by atoms with E-state index < -0.39 is 0 Å². The van der Waals surface area contributed by atoms with Gasteiger partial charge >= 0.3 is 0 Å². The van der Waals surface area contributed by atoms with Gasteiger partial charge in [0.25, 0.3) is 0 Å². The molecule has 1 fully saturated rings. The van der Waals surface area contributed by atoms with Gasteiger partial charge in [-0.2, -0.15) is 5.10 Å². The van der Waals surface area contributed by atoms with Crippen LogP contribution in [-0.2, 0) is 11.3 Å². The first-order chi connectivity index (χ1) is 10.8. The second-order valence-electron chi connectivity index (χ2n) is 5.34. The molecule has 1 aliphatic rings. The van der Waals surface area contributed by atoms with Gasteiger partial charge in [0, 0.05) is 45.0 Å². The van der Waals surface area contributed by atoms with Gasteiger partial charge in [-0.25, -0.2) is 0 Å². The van der Waals surface area contributed by atoms with Gasteiger partial charge in [-0.15, -0.1) is 5.10 Å². The Morgan fingerprint density at radius 1 is 1.41 bits per heavy atom.